The van der Waals surface area contributed by atoms with Gasteiger partial charge in [0.05, 0.1) is 15.6 Å². The van der Waals surface area contributed by atoms with Crippen LogP contribution in [0.4, 0.5) is 0 Å². The second kappa shape index (κ2) is 5.08. The normalized spacial score (nSPS) is 43.9. The van der Waals surface area contributed by atoms with E-state index in [-0.39, 0.29) is 9.02 Å². The lowest BCUT2D eigenvalue weighted by molar-refractivity contribution is -0.110. The summed E-state index contributed by atoms with van der Waals surface area (Å²) in [5.74, 6) is 0. The highest BCUT2D eigenvalue weighted by molar-refractivity contribution is 14.1. The molecule has 1 aliphatic heterocycles. The fraction of sp³-hybridized carbons (Fsp3) is 0.875. The zero-order chi connectivity index (χ0) is 13.4. The first kappa shape index (κ1) is 14.8. The first-order valence-electron chi connectivity index (χ1n) is 7.29. The van der Waals surface area contributed by atoms with Crippen LogP contribution < -0.4 is 0 Å². The molecule has 0 radical (unpaired) electrons. The number of alkyl halides is 1. The van der Waals surface area contributed by atoms with Crippen molar-refractivity contribution in [1.29, 1.82) is 0 Å². The number of hydrogen-bond donors (Lipinski definition) is 0. The third-order valence-corrected chi connectivity index (χ3v) is 8.40. The first-order valence-corrected chi connectivity index (χ1v) is 8.37. The number of halogens is 1. The summed E-state index contributed by atoms with van der Waals surface area (Å²) in [6, 6.07) is 0. The molecule has 0 aromatic rings. The van der Waals surface area contributed by atoms with Crippen molar-refractivity contribution in [3.8, 4) is 0 Å². The van der Waals surface area contributed by atoms with E-state index in [0.29, 0.717) is 5.41 Å². The predicted molar refractivity (Wildman–Crippen MR) is 86.3 cm³/mol. The van der Waals surface area contributed by atoms with Crippen LogP contribution in [0.15, 0.2) is 11.6 Å². The zero-order valence-electron chi connectivity index (χ0n) is 12.3. The van der Waals surface area contributed by atoms with Gasteiger partial charge in [-0.3, -0.25) is 0 Å². The monoisotopic (exact) mass is 362 g/mol. The third-order valence-electron chi connectivity index (χ3n) is 5.26. The standard InChI is InChI=1S/C16H27IO/c1-13-7-5-12-18-15(4)10-6-9-14(2,3)16(15,17)11-8-13/h7H,5-6,8-12H2,1-4H3/b13-7-/t15-,16+/m0/s1. The van der Waals surface area contributed by atoms with E-state index in [1.807, 2.05) is 0 Å². The molecule has 18 heavy (non-hydrogen) atoms. The summed E-state index contributed by atoms with van der Waals surface area (Å²) < 4.78 is 6.65. The van der Waals surface area contributed by atoms with E-state index in [9.17, 15) is 0 Å². The summed E-state index contributed by atoms with van der Waals surface area (Å²) in [7, 11) is 0. The topological polar surface area (TPSA) is 9.23 Å². The molecule has 2 aliphatic rings. The van der Waals surface area contributed by atoms with Crippen LogP contribution in [0, 0.1) is 5.41 Å². The minimum atomic E-state index is 0.0494. The Bertz CT molecular complexity index is 347. The van der Waals surface area contributed by atoms with Crippen LogP contribution in [0.2, 0.25) is 0 Å². The number of ether oxygens (including phenoxy) is 1. The third kappa shape index (κ3) is 2.39. The maximum Gasteiger partial charge on any atom is 0.0804 e. The molecule has 0 spiro atoms. The van der Waals surface area contributed by atoms with Gasteiger partial charge < -0.3 is 4.74 Å². The second-order valence-corrected chi connectivity index (χ2v) is 8.80. The van der Waals surface area contributed by atoms with Crippen LogP contribution >= 0.6 is 22.6 Å². The summed E-state index contributed by atoms with van der Waals surface area (Å²) in [5, 5.41) is 0. The molecule has 0 saturated heterocycles. The first-order chi connectivity index (χ1) is 8.31. The van der Waals surface area contributed by atoms with Crippen molar-refractivity contribution in [2.24, 2.45) is 5.41 Å². The molecule has 2 heteroatoms. The maximum atomic E-state index is 6.39. The van der Waals surface area contributed by atoms with Crippen LogP contribution in [0.1, 0.15) is 66.2 Å². The molecular weight excluding hydrogens is 335 g/mol. The number of rotatable bonds is 0. The highest BCUT2D eigenvalue weighted by Crippen LogP contribution is 2.59. The minimum Gasteiger partial charge on any atom is -0.374 e. The van der Waals surface area contributed by atoms with Crippen molar-refractivity contribution in [3.05, 3.63) is 11.6 Å². The van der Waals surface area contributed by atoms with E-state index < -0.39 is 0 Å². The van der Waals surface area contributed by atoms with Gasteiger partial charge in [-0.25, -0.2) is 0 Å². The molecule has 0 amide bonds. The largest absolute Gasteiger partial charge is 0.374 e. The van der Waals surface area contributed by atoms with E-state index in [1.165, 1.54) is 32.1 Å². The SMILES string of the molecule is C/C1=C/CCO[C@@]2(C)CCCC(C)(C)[C@]2(I)CC1. The van der Waals surface area contributed by atoms with Gasteiger partial charge in [-0.2, -0.15) is 0 Å². The van der Waals surface area contributed by atoms with Crippen LogP contribution in [-0.4, -0.2) is 15.6 Å². The van der Waals surface area contributed by atoms with Crippen molar-refractivity contribution in [1.82, 2.24) is 0 Å². The van der Waals surface area contributed by atoms with Gasteiger partial charge in [0.1, 0.15) is 0 Å². The molecule has 1 saturated carbocycles. The number of allylic oxidation sites excluding steroid dienone is 1. The molecule has 1 aliphatic carbocycles. The summed E-state index contributed by atoms with van der Waals surface area (Å²) >= 11 is 2.74. The Morgan fingerprint density at radius 1 is 1.17 bits per heavy atom. The van der Waals surface area contributed by atoms with Gasteiger partial charge >= 0.3 is 0 Å². The quantitative estimate of drug-likeness (QED) is 0.324. The average Bonchev–Trinajstić information content (AvgIpc) is 2.33. The molecule has 2 atom stereocenters. The maximum absolute atomic E-state index is 6.39. The van der Waals surface area contributed by atoms with Crippen molar-refractivity contribution in [2.45, 2.75) is 75.2 Å². The van der Waals surface area contributed by atoms with E-state index in [0.717, 1.165) is 13.0 Å². The van der Waals surface area contributed by atoms with Crippen LogP contribution in [0.25, 0.3) is 0 Å². The van der Waals surface area contributed by atoms with Gasteiger partial charge in [0.2, 0.25) is 0 Å². The minimum absolute atomic E-state index is 0.0494. The Balaban J connectivity index is 2.35. The smallest absolute Gasteiger partial charge is 0.0804 e. The van der Waals surface area contributed by atoms with E-state index >= 15 is 0 Å². The molecule has 0 N–H and O–H groups in total. The second-order valence-electron chi connectivity index (χ2n) is 6.96. The average molecular weight is 362 g/mol. The van der Waals surface area contributed by atoms with Gasteiger partial charge in [0, 0.05) is 0 Å². The fourth-order valence-corrected chi connectivity index (χ4v) is 4.79. The Hall–Kier alpha value is 0.430. The van der Waals surface area contributed by atoms with Gasteiger partial charge in [-0.1, -0.05) is 48.1 Å². The molecule has 0 aromatic carbocycles. The van der Waals surface area contributed by atoms with Crippen LogP contribution in [0.3, 0.4) is 0 Å². The highest BCUT2D eigenvalue weighted by atomic mass is 127. The Labute approximate surface area is 126 Å². The lowest BCUT2D eigenvalue weighted by Gasteiger charge is -2.57. The molecule has 0 aromatic heterocycles. The van der Waals surface area contributed by atoms with E-state index in [1.54, 1.807) is 5.57 Å². The fourth-order valence-electron chi connectivity index (χ4n) is 3.83. The van der Waals surface area contributed by atoms with Crippen molar-refractivity contribution in [3.63, 3.8) is 0 Å². The molecule has 1 nitrogen and oxygen atoms in total. The molecule has 2 rings (SSSR count). The lowest BCUT2D eigenvalue weighted by Crippen LogP contribution is -2.60. The molecule has 104 valence electrons. The van der Waals surface area contributed by atoms with Gasteiger partial charge in [0.25, 0.3) is 0 Å². The van der Waals surface area contributed by atoms with E-state index in [2.05, 4.69) is 56.4 Å². The summed E-state index contributed by atoms with van der Waals surface area (Å²) in [6.07, 6.45) is 9.78. The molecule has 1 fully saturated rings. The van der Waals surface area contributed by atoms with Gasteiger partial charge in [0.15, 0.2) is 0 Å². The van der Waals surface area contributed by atoms with Crippen LogP contribution in [0.5, 0.6) is 0 Å². The van der Waals surface area contributed by atoms with Gasteiger partial charge in [-0.15, -0.1) is 0 Å². The van der Waals surface area contributed by atoms with Crippen molar-refractivity contribution >= 4 is 22.6 Å². The van der Waals surface area contributed by atoms with Crippen molar-refractivity contribution in [2.75, 3.05) is 6.61 Å². The summed E-state index contributed by atoms with van der Waals surface area (Å²) in [6.45, 7) is 10.4. The molecular formula is C16H27IO. The van der Waals surface area contributed by atoms with Crippen LogP contribution in [-0.2, 0) is 4.74 Å². The number of fused-ring (bicyclic) bond motifs is 1. The summed E-state index contributed by atoms with van der Waals surface area (Å²) in [5.41, 5.74) is 1.96. The summed E-state index contributed by atoms with van der Waals surface area (Å²) in [4.78, 5) is 0. The molecule has 0 unspecified atom stereocenters. The van der Waals surface area contributed by atoms with E-state index in [4.69, 9.17) is 4.74 Å². The van der Waals surface area contributed by atoms with Gasteiger partial charge in [-0.05, 0) is 57.8 Å². The lowest BCUT2D eigenvalue weighted by atomic mass is 9.60. The molecule has 1 heterocycles. The Morgan fingerprint density at radius 2 is 1.89 bits per heavy atom. The van der Waals surface area contributed by atoms with Crippen molar-refractivity contribution < 1.29 is 4.74 Å². The molecule has 0 bridgehead atoms. The Morgan fingerprint density at radius 3 is 2.61 bits per heavy atom. The zero-order valence-corrected chi connectivity index (χ0v) is 14.5. The highest BCUT2D eigenvalue weighted by Gasteiger charge is 2.57. The predicted octanol–water partition coefficient (Wildman–Crippen LogP) is 5.28. The number of hydrogen-bond acceptors (Lipinski definition) is 1. The Kier molecular flexibility index (Phi) is 4.19.